The van der Waals surface area contributed by atoms with Crippen molar-refractivity contribution in [3.8, 4) is 0 Å². The number of aliphatic imine (C=N–C) groups is 1. The van der Waals surface area contributed by atoms with Crippen LogP contribution in [0.15, 0.2) is 23.3 Å². The van der Waals surface area contributed by atoms with Gasteiger partial charge in [-0.1, -0.05) is 17.7 Å². The summed E-state index contributed by atoms with van der Waals surface area (Å²) in [7, 11) is 1.79. The molecule has 0 aromatic carbocycles. The van der Waals surface area contributed by atoms with Crippen molar-refractivity contribution in [2.75, 3.05) is 32.1 Å². The highest BCUT2D eigenvalue weighted by Gasteiger charge is 1.98. The van der Waals surface area contributed by atoms with Gasteiger partial charge in [0.2, 0.25) is 0 Å². The monoisotopic (exact) mass is 442 g/mol. The zero-order valence-electron chi connectivity index (χ0n) is 12.6. The van der Waals surface area contributed by atoms with Crippen molar-refractivity contribution in [2.45, 2.75) is 19.3 Å². The molecule has 0 bridgehead atoms. The number of guanidine groups is 1. The molecule has 0 fully saturated rings. The summed E-state index contributed by atoms with van der Waals surface area (Å²) < 4.78 is 0. The molecule has 4 nitrogen and oxygen atoms in total. The molecule has 0 saturated carbocycles. The van der Waals surface area contributed by atoms with Crippen molar-refractivity contribution >= 4 is 53.3 Å². The number of halogens is 2. The smallest absolute Gasteiger partial charge is 0.190 e. The second-order valence-electron chi connectivity index (χ2n) is 4.36. The van der Waals surface area contributed by atoms with Gasteiger partial charge in [-0.15, -0.1) is 24.0 Å². The Morgan fingerprint density at radius 1 is 1.29 bits per heavy atom. The van der Waals surface area contributed by atoms with Gasteiger partial charge >= 0.3 is 0 Å². The minimum Gasteiger partial charge on any atom is -0.356 e. The number of rotatable bonds is 8. The van der Waals surface area contributed by atoms with E-state index >= 15 is 0 Å². The number of hydrogen-bond donors (Lipinski definition) is 2. The van der Waals surface area contributed by atoms with Crippen LogP contribution in [-0.2, 0) is 6.42 Å². The second-order valence-corrected chi connectivity index (χ2v) is 5.74. The van der Waals surface area contributed by atoms with E-state index in [1.54, 1.807) is 7.05 Å². The standard InChI is InChI=1S/C14H23ClN4S.HI/c1-16-14(17-8-3-4-10-20-2)18-9-7-12-5-6-13(15)19-11-12;/h5-6,11H,3-4,7-10H2,1-2H3,(H2,16,17,18);1H. The van der Waals surface area contributed by atoms with Crippen molar-refractivity contribution in [3.63, 3.8) is 0 Å². The molecule has 0 aliphatic heterocycles. The van der Waals surface area contributed by atoms with Gasteiger partial charge in [0, 0.05) is 26.3 Å². The van der Waals surface area contributed by atoms with Crippen LogP contribution >= 0.6 is 47.3 Å². The lowest BCUT2D eigenvalue weighted by atomic mass is 10.2. The minimum absolute atomic E-state index is 0. The minimum atomic E-state index is 0. The molecule has 1 rings (SSSR count). The van der Waals surface area contributed by atoms with Crippen LogP contribution in [0.2, 0.25) is 5.15 Å². The molecule has 1 aromatic heterocycles. The van der Waals surface area contributed by atoms with Crippen LogP contribution in [0.1, 0.15) is 18.4 Å². The van der Waals surface area contributed by atoms with Crippen LogP contribution < -0.4 is 10.6 Å². The number of pyridine rings is 1. The van der Waals surface area contributed by atoms with E-state index in [1.165, 1.54) is 18.6 Å². The summed E-state index contributed by atoms with van der Waals surface area (Å²) >= 11 is 7.64. The first-order chi connectivity index (χ1) is 9.76. The Bertz CT molecular complexity index is 400. The van der Waals surface area contributed by atoms with E-state index in [1.807, 2.05) is 30.1 Å². The highest BCUT2D eigenvalue weighted by molar-refractivity contribution is 14.0. The fourth-order valence-corrected chi connectivity index (χ4v) is 2.28. The molecule has 0 atom stereocenters. The maximum atomic E-state index is 5.75. The van der Waals surface area contributed by atoms with Crippen molar-refractivity contribution in [3.05, 3.63) is 29.0 Å². The maximum Gasteiger partial charge on any atom is 0.190 e. The van der Waals surface area contributed by atoms with Crippen molar-refractivity contribution in [1.82, 2.24) is 15.6 Å². The van der Waals surface area contributed by atoms with Gasteiger partial charge in [-0.25, -0.2) is 4.98 Å². The van der Waals surface area contributed by atoms with E-state index in [9.17, 15) is 0 Å². The summed E-state index contributed by atoms with van der Waals surface area (Å²) in [5, 5.41) is 7.14. The van der Waals surface area contributed by atoms with E-state index in [0.717, 1.165) is 31.0 Å². The summed E-state index contributed by atoms with van der Waals surface area (Å²) in [6, 6.07) is 3.81. The van der Waals surface area contributed by atoms with Crippen molar-refractivity contribution in [2.24, 2.45) is 4.99 Å². The maximum absolute atomic E-state index is 5.75. The Balaban J connectivity index is 0.00000400. The third kappa shape index (κ3) is 10.2. The molecule has 0 unspecified atom stereocenters. The molecule has 21 heavy (non-hydrogen) atoms. The van der Waals surface area contributed by atoms with Gasteiger partial charge < -0.3 is 10.6 Å². The quantitative estimate of drug-likeness (QED) is 0.213. The normalized spacial score (nSPS) is 10.9. The molecular weight excluding hydrogens is 419 g/mol. The average molecular weight is 443 g/mol. The summed E-state index contributed by atoms with van der Waals surface area (Å²) in [6.07, 6.45) is 7.25. The third-order valence-corrected chi connectivity index (χ3v) is 3.71. The SMILES string of the molecule is CN=C(NCCCCSC)NCCc1ccc(Cl)nc1.I. The lowest BCUT2D eigenvalue weighted by Crippen LogP contribution is -2.38. The molecule has 1 aromatic rings. The van der Waals surface area contributed by atoms with E-state index < -0.39 is 0 Å². The Morgan fingerprint density at radius 3 is 2.67 bits per heavy atom. The Kier molecular flexibility index (Phi) is 13.3. The zero-order chi connectivity index (χ0) is 14.6. The number of thioether (sulfide) groups is 1. The molecule has 0 amide bonds. The molecule has 0 saturated heterocycles. The summed E-state index contributed by atoms with van der Waals surface area (Å²) in [6.45, 7) is 1.79. The molecule has 0 radical (unpaired) electrons. The number of nitrogens with zero attached hydrogens (tertiary/aromatic N) is 2. The lowest BCUT2D eigenvalue weighted by molar-refractivity contribution is 0.730. The second kappa shape index (κ2) is 13.5. The van der Waals surface area contributed by atoms with Gasteiger partial charge in [-0.3, -0.25) is 4.99 Å². The van der Waals surface area contributed by atoms with E-state index in [0.29, 0.717) is 5.15 Å². The van der Waals surface area contributed by atoms with Gasteiger partial charge in [-0.2, -0.15) is 11.8 Å². The molecular formula is C14H24ClIN4S. The first-order valence-electron chi connectivity index (χ1n) is 6.80. The largest absolute Gasteiger partial charge is 0.356 e. The van der Waals surface area contributed by atoms with Gasteiger partial charge in [0.05, 0.1) is 0 Å². The van der Waals surface area contributed by atoms with Crippen LogP contribution in [-0.4, -0.2) is 43.1 Å². The lowest BCUT2D eigenvalue weighted by Gasteiger charge is -2.11. The first kappa shape index (κ1) is 20.8. The van der Waals surface area contributed by atoms with Crippen LogP contribution in [0.25, 0.3) is 0 Å². The van der Waals surface area contributed by atoms with Crippen molar-refractivity contribution in [1.29, 1.82) is 0 Å². The molecule has 1 heterocycles. The number of hydrogen-bond acceptors (Lipinski definition) is 3. The molecule has 7 heteroatoms. The summed E-state index contributed by atoms with van der Waals surface area (Å²) in [4.78, 5) is 8.27. The molecule has 0 aliphatic rings. The van der Waals surface area contributed by atoms with E-state index in [4.69, 9.17) is 11.6 Å². The topological polar surface area (TPSA) is 49.3 Å². The number of nitrogens with one attached hydrogen (secondary N) is 2. The third-order valence-electron chi connectivity index (χ3n) is 2.79. The van der Waals surface area contributed by atoms with E-state index in [-0.39, 0.29) is 24.0 Å². The van der Waals surface area contributed by atoms with Crippen LogP contribution in [0, 0.1) is 0 Å². The first-order valence-corrected chi connectivity index (χ1v) is 8.57. The molecule has 0 spiro atoms. The Labute approximate surface area is 154 Å². The fraction of sp³-hybridized carbons (Fsp3) is 0.571. The fourth-order valence-electron chi connectivity index (χ4n) is 1.68. The predicted octanol–water partition coefficient (Wildman–Crippen LogP) is 3.20. The molecule has 0 aliphatic carbocycles. The van der Waals surface area contributed by atoms with Gasteiger partial charge in [0.1, 0.15) is 5.15 Å². The highest BCUT2D eigenvalue weighted by atomic mass is 127. The Hall–Kier alpha value is -0.210. The number of aromatic nitrogens is 1. The Morgan fingerprint density at radius 2 is 2.05 bits per heavy atom. The average Bonchev–Trinajstić information content (AvgIpc) is 2.47. The van der Waals surface area contributed by atoms with Crippen LogP contribution in [0.4, 0.5) is 0 Å². The summed E-state index contributed by atoms with van der Waals surface area (Å²) in [5.41, 5.74) is 1.16. The van der Waals surface area contributed by atoms with Gasteiger partial charge in [0.15, 0.2) is 5.96 Å². The predicted molar refractivity (Wildman–Crippen MR) is 105 cm³/mol. The summed E-state index contributed by atoms with van der Waals surface area (Å²) in [5.74, 6) is 2.08. The van der Waals surface area contributed by atoms with Crippen molar-refractivity contribution < 1.29 is 0 Å². The number of unbranched alkanes of at least 4 members (excludes halogenated alkanes) is 1. The van der Waals surface area contributed by atoms with E-state index in [2.05, 4.69) is 26.9 Å². The molecule has 2 N–H and O–H groups in total. The van der Waals surface area contributed by atoms with Crippen LogP contribution in [0.5, 0.6) is 0 Å². The molecule has 120 valence electrons. The zero-order valence-corrected chi connectivity index (χ0v) is 16.5. The van der Waals surface area contributed by atoms with Crippen LogP contribution in [0.3, 0.4) is 0 Å². The van der Waals surface area contributed by atoms with Gasteiger partial charge in [0.25, 0.3) is 0 Å². The highest BCUT2D eigenvalue weighted by Crippen LogP contribution is 2.05. The van der Waals surface area contributed by atoms with Gasteiger partial charge in [-0.05, 0) is 42.9 Å².